The van der Waals surface area contributed by atoms with Crippen molar-refractivity contribution in [3.05, 3.63) is 95.1 Å². The molecule has 154 valence electrons. The Hall–Kier alpha value is -4.57. The fourth-order valence-electron chi connectivity index (χ4n) is 2.68. The number of para-hydroxylation sites is 1. The first-order chi connectivity index (χ1) is 15.0. The third-order valence-corrected chi connectivity index (χ3v) is 4.29. The van der Waals surface area contributed by atoms with E-state index < -0.39 is 11.9 Å². The van der Waals surface area contributed by atoms with Gasteiger partial charge in [0, 0.05) is 11.3 Å². The molecule has 7 nitrogen and oxygen atoms in total. The largest absolute Gasteiger partial charge is 0.545 e. The first-order valence-electron chi connectivity index (χ1n) is 9.20. The quantitative estimate of drug-likeness (QED) is 0.349. The molecule has 0 heterocycles. The predicted octanol–water partition coefficient (Wildman–Crippen LogP) is 2.88. The number of rotatable bonds is 7. The van der Waals surface area contributed by atoms with Gasteiger partial charge in [0.1, 0.15) is 29.7 Å². The number of carboxylic acids is 1. The van der Waals surface area contributed by atoms with Crippen molar-refractivity contribution in [2.75, 3.05) is 5.32 Å². The number of nitriles is 1. The molecule has 0 bridgehead atoms. The number of ether oxygens (including phenoxy) is 1. The second-order valence-electron chi connectivity index (χ2n) is 6.48. The number of hydrogen-bond donors (Lipinski definition) is 2. The number of phenolic OH excluding ortho intramolecular Hbond substituents is 1. The van der Waals surface area contributed by atoms with Gasteiger partial charge >= 0.3 is 0 Å². The van der Waals surface area contributed by atoms with E-state index in [4.69, 9.17) is 4.74 Å². The lowest BCUT2D eigenvalue weighted by Gasteiger charge is -2.11. The molecule has 0 aliphatic rings. The molecule has 0 aliphatic carbocycles. The van der Waals surface area contributed by atoms with Gasteiger partial charge in [0.2, 0.25) is 0 Å². The Morgan fingerprint density at radius 1 is 1.03 bits per heavy atom. The van der Waals surface area contributed by atoms with E-state index in [2.05, 4.69) is 5.32 Å². The number of aromatic hydroxyl groups is 1. The monoisotopic (exact) mass is 413 g/mol. The normalized spacial score (nSPS) is 10.7. The molecule has 3 aromatic carbocycles. The lowest BCUT2D eigenvalue weighted by molar-refractivity contribution is -0.255. The van der Waals surface area contributed by atoms with Crippen molar-refractivity contribution < 1.29 is 24.5 Å². The summed E-state index contributed by atoms with van der Waals surface area (Å²) in [4.78, 5) is 23.3. The number of amides is 1. The van der Waals surface area contributed by atoms with Crippen LogP contribution >= 0.6 is 0 Å². The van der Waals surface area contributed by atoms with E-state index in [1.54, 1.807) is 36.4 Å². The zero-order valence-corrected chi connectivity index (χ0v) is 16.2. The molecule has 0 radical (unpaired) electrons. The van der Waals surface area contributed by atoms with Gasteiger partial charge in [-0.15, -0.1) is 0 Å². The number of phenols is 1. The highest BCUT2D eigenvalue weighted by atomic mass is 16.5. The minimum absolute atomic E-state index is 0.0643. The second kappa shape index (κ2) is 9.76. The molecule has 0 aromatic heterocycles. The molecule has 1 amide bonds. The summed E-state index contributed by atoms with van der Waals surface area (Å²) in [7, 11) is 0. The summed E-state index contributed by atoms with van der Waals surface area (Å²) in [5, 5.41) is 32.2. The molecule has 3 aromatic rings. The van der Waals surface area contributed by atoms with E-state index in [9.17, 15) is 25.1 Å². The number of hydrogen-bond acceptors (Lipinski definition) is 6. The summed E-state index contributed by atoms with van der Waals surface area (Å²) in [6.45, 7) is 0.166. The smallest absolute Gasteiger partial charge is 0.266 e. The first-order valence-corrected chi connectivity index (χ1v) is 9.20. The topological polar surface area (TPSA) is 122 Å². The van der Waals surface area contributed by atoms with Gasteiger partial charge in [-0.3, -0.25) is 4.79 Å². The SMILES string of the molecule is N#C/C(=C/c1ccccc1OCc1ccc(C(=O)[O-])cc1)C(=O)Nc1ccc(O)cc1. The van der Waals surface area contributed by atoms with Crippen molar-refractivity contribution in [1.82, 2.24) is 0 Å². The van der Waals surface area contributed by atoms with Crippen LogP contribution < -0.4 is 15.2 Å². The average Bonchev–Trinajstić information content (AvgIpc) is 2.78. The van der Waals surface area contributed by atoms with E-state index in [1.165, 1.54) is 42.5 Å². The molecule has 7 heteroatoms. The number of aromatic carboxylic acids is 1. The Bertz CT molecular complexity index is 1160. The van der Waals surface area contributed by atoms with Crippen molar-refractivity contribution in [2.45, 2.75) is 6.61 Å². The van der Waals surface area contributed by atoms with Crippen LogP contribution in [0.2, 0.25) is 0 Å². The van der Waals surface area contributed by atoms with Crippen LogP contribution in [0.5, 0.6) is 11.5 Å². The molecule has 0 saturated carbocycles. The molecular weight excluding hydrogens is 396 g/mol. The van der Waals surface area contributed by atoms with Gasteiger partial charge in [0.25, 0.3) is 5.91 Å². The van der Waals surface area contributed by atoms with E-state index in [0.29, 0.717) is 17.0 Å². The van der Waals surface area contributed by atoms with Gasteiger partial charge in [0.05, 0.1) is 5.97 Å². The van der Waals surface area contributed by atoms with Crippen molar-refractivity contribution in [1.29, 1.82) is 5.26 Å². The lowest BCUT2D eigenvalue weighted by atomic mass is 10.1. The fourth-order valence-corrected chi connectivity index (χ4v) is 2.68. The van der Waals surface area contributed by atoms with Crippen molar-refractivity contribution in [2.24, 2.45) is 0 Å². The molecule has 2 N–H and O–H groups in total. The van der Waals surface area contributed by atoms with E-state index in [0.717, 1.165) is 5.56 Å². The van der Waals surface area contributed by atoms with Gasteiger partial charge in [-0.25, -0.2) is 0 Å². The van der Waals surface area contributed by atoms with Crippen LogP contribution in [0.15, 0.2) is 78.4 Å². The molecule has 31 heavy (non-hydrogen) atoms. The number of benzene rings is 3. The summed E-state index contributed by atoms with van der Waals surface area (Å²) in [6.07, 6.45) is 1.42. The third-order valence-electron chi connectivity index (χ3n) is 4.29. The number of anilines is 1. The van der Waals surface area contributed by atoms with E-state index >= 15 is 0 Å². The van der Waals surface area contributed by atoms with Gasteiger partial charge in [0.15, 0.2) is 0 Å². The van der Waals surface area contributed by atoms with Gasteiger partial charge in [-0.1, -0.05) is 42.5 Å². The molecular formula is C24H17N2O5-. The Morgan fingerprint density at radius 2 is 1.71 bits per heavy atom. The van der Waals surface area contributed by atoms with Crippen LogP contribution in [0, 0.1) is 11.3 Å². The van der Waals surface area contributed by atoms with Gasteiger partial charge in [-0.2, -0.15) is 5.26 Å². The first kappa shape index (κ1) is 21.1. The minimum Gasteiger partial charge on any atom is -0.545 e. The van der Waals surface area contributed by atoms with Crippen LogP contribution in [-0.4, -0.2) is 17.0 Å². The number of nitrogens with one attached hydrogen (secondary N) is 1. The number of carboxylic acid groups (broad SMARTS) is 1. The van der Waals surface area contributed by atoms with Crippen LogP contribution in [0.1, 0.15) is 21.5 Å². The Balaban J connectivity index is 1.75. The van der Waals surface area contributed by atoms with Gasteiger partial charge < -0.3 is 25.1 Å². The second-order valence-corrected chi connectivity index (χ2v) is 6.48. The zero-order valence-electron chi connectivity index (χ0n) is 16.2. The Kier molecular flexibility index (Phi) is 6.66. The summed E-state index contributed by atoms with van der Waals surface area (Å²) < 4.78 is 5.80. The number of carbonyl (C=O) groups is 2. The van der Waals surface area contributed by atoms with E-state index in [-0.39, 0.29) is 23.5 Å². The highest BCUT2D eigenvalue weighted by molar-refractivity contribution is 6.09. The summed E-state index contributed by atoms with van der Waals surface area (Å²) in [5.74, 6) is -1.33. The van der Waals surface area contributed by atoms with E-state index in [1.807, 2.05) is 6.07 Å². The standard InChI is InChI=1S/C24H18N2O5/c25-14-19(23(28)26-20-9-11-21(27)12-10-20)13-18-3-1-2-4-22(18)31-15-16-5-7-17(8-6-16)24(29)30/h1-13,27H,15H2,(H,26,28)(H,29,30)/p-1/b19-13-. The average molecular weight is 413 g/mol. The molecule has 0 unspecified atom stereocenters. The Morgan fingerprint density at radius 3 is 2.35 bits per heavy atom. The maximum Gasteiger partial charge on any atom is 0.266 e. The maximum atomic E-state index is 12.5. The highest BCUT2D eigenvalue weighted by Crippen LogP contribution is 2.23. The van der Waals surface area contributed by atoms with Crippen molar-refractivity contribution in [3.8, 4) is 17.6 Å². The molecule has 3 rings (SSSR count). The molecule has 0 saturated heterocycles. The maximum absolute atomic E-state index is 12.5. The third kappa shape index (κ3) is 5.71. The number of carbonyl (C=O) groups excluding carboxylic acids is 2. The molecule has 0 spiro atoms. The van der Waals surface area contributed by atoms with Crippen LogP contribution in [-0.2, 0) is 11.4 Å². The highest BCUT2D eigenvalue weighted by Gasteiger charge is 2.11. The lowest BCUT2D eigenvalue weighted by Crippen LogP contribution is -2.22. The zero-order chi connectivity index (χ0) is 22.2. The molecule has 0 atom stereocenters. The summed E-state index contributed by atoms with van der Waals surface area (Å²) in [6, 6.07) is 20.8. The fraction of sp³-hybridized carbons (Fsp3) is 0.0417. The van der Waals surface area contributed by atoms with Crippen LogP contribution in [0.4, 0.5) is 5.69 Å². The molecule has 0 aliphatic heterocycles. The summed E-state index contributed by atoms with van der Waals surface area (Å²) in [5.41, 5.74) is 1.67. The minimum atomic E-state index is -1.25. The van der Waals surface area contributed by atoms with Gasteiger partial charge in [-0.05, 0) is 47.5 Å². The summed E-state index contributed by atoms with van der Waals surface area (Å²) >= 11 is 0. The van der Waals surface area contributed by atoms with Crippen molar-refractivity contribution >= 4 is 23.6 Å². The van der Waals surface area contributed by atoms with Crippen molar-refractivity contribution in [3.63, 3.8) is 0 Å². The van der Waals surface area contributed by atoms with Crippen LogP contribution in [0.3, 0.4) is 0 Å². The molecule has 0 fully saturated rings. The predicted molar refractivity (Wildman–Crippen MR) is 112 cm³/mol. The Labute approximate surface area is 178 Å². The number of nitrogens with zero attached hydrogens (tertiary/aromatic N) is 1. The van der Waals surface area contributed by atoms with Crippen LogP contribution in [0.25, 0.3) is 6.08 Å².